The third kappa shape index (κ3) is 3.04. The number of nitrogens with zero attached hydrogens (tertiary/aromatic N) is 2. The molecule has 2 rings (SSSR count). The van der Waals surface area contributed by atoms with Gasteiger partial charge in [0.05, 0.1) is 0 Å². The first-order valence-corrected chi connectivity index (χ1v) is 7.10. The van der Waals surface area contributed by atoms with Crippen molar-refractivity contribution in [2.75, 3.05) is 31.2 Å². The Morgan fingerprint density at radius 2 is 2.00 bits per heavy atom. The standard InChI is InChI=1S/C13H23N5O2/c1-3-6-18-11(14)10(12(19)16-13(18)20)15-9-4-7-17(2)8-5-9/h9,15H,3-8,14H2,1-2H3,(H,16,19,20). The molecular weight excluding hydrogens is 258 g/mol. The summed E-state index contributed by atoms with van der Waals surface area (Å²) in [5.74, 6) is 0.236. The molecule has 0 amide bonds. The number of nitrogens with two attached hydrogens (primary N) is 1. The Morgan fingerprint density at radius 3 is 2.60 bits per heavy atom. The average Bonchev–Trinajstić information content (AvgIpc) is 2.41. The summed E-state index contributed by atoms with van der Waals surface area (Å²) in [5.41, 5.74) is 5.44. The predicted octanol–water partition coefficient (Wildman–Crippen LogP) is 0.0349. The van der Waals surface area contributed by atoms with Crippen LogP contribution in [0.3, 0.4) is 0 Å². The molecule has 4 N–H and O–H groups in total. The van der Waals surface area contributed by atoms with E-state index in [1.165, 1.54) is 4.57 Å². The van der Waals surface area contributed by atoms with E-state index in [-0.39, 0.29) is 11.9 Å². The van der Waals surface area contributed by atoms with E-state index in [1.807, 2.05) is 6.92 Å². The molecule has 0 saturated carbocycles. The summed E-state index contributed by atoms with van der Waals surface area (Å²) in [6.07, 6.45) is 2.70. The van der Waals surface area contributed by atoms with Gasteiger partial charge in [0.25, 0.3) is 5.56 Å². The Kier molecular flexibility index (Phi) is 4.49. The lowest BCUT2D eigenvalue weighted by Gasteiger charge is -2.30. The lowest BCUT2D eigenvalue weighted by molar-refractivity contribution is 0.264. The maximum Gasteiger partial charge on any atom is 0.330 e. The first kappa shape index (κ1) is 14.6. The third-order valence-corrected chi connectivity index (χ3v) is 3.75. The summed E-state index contributed by atoms with van der Waals surface area (Å²) in [5, 5.41) is 3.21. The van der Waals surface area contributed by atoms with Gasteiger partial charge >= 0.3 is 5.69 Å². The van der Waals surface area contributed by atoms with Gasteiger partial charge in [0.2, 0.25) is 0 Å². The lowest BCUT2D eigenvalue weighted by atomic mass is 10.1. The van der Waals surface area contributed by atoms with Crippen molar-refractivity contribution in [3.63, 3.8) is 0 Å². The van der Waals surface area contributed by atoms with Gasteiger partial charge in [0, 0.05) is 12.6 Å². The van der Waals surface area contributed by atoms with Crippen LogP contribution in [-0.4, -0.2) is 40.6 Å². The van der Waals surface area contributed by atoms with Gasteiger partial charge in [-0.3, -0.25) is 14.3 Å². The lowest BCUT2D eigenvalue weighted by Crippen LogP contribution is -2.40. The smallest absolute Gasteiger partial charge is 0.330 e. The first-order valence-electron chi connectivity index (χ1n) is 7.10. The second kappa shape index (κ2) is 6.13. The van der Waals surface area contributed by atoms with E-state index in [1.54, 1.807) is 0 Å². The van der Waals surface area contributed by atoms with E-state index in [2.05, 4.69) is 22.2 Å². The second-order valence-corrected chi connectivity index (χ2v) is 5.39. The summed E-state index contributed by atoms with van der Waals surface area (Å²) >= 11 is 0. The Morgan fingerprint density at radius 1 is 1.35 bits per heavy atom. The third-order valence-electron chi connectivity index (χ3n) is 3.75. The number of rotatable bonds is 4. The van der Waals surface area contributed by atoms with Crippen LogP contribution < -0.4 is 22.3 Å². The highest BCUT2D eigenvalue weighted by Crippen LogP contribution is 2.17. The number of hydrogen-bond donors (Lipinski definition) is 3. The Bertz CT molecular complexity index is 569. The molecule has 0 atom stereocenters. The van der Waals surface area contributed by atoms with E-state index < -0.39 is 11.2 Å². The largest absolute Gasteiger partial charge is 0.383 e. The van der Waals surface area contributed by atoms with Crippen LogP contribution in [0, 0.1) is 0 Å². The van der Waals surface area contributed by atoms with Crippen LogP contribution in [0.1, 0.15) is 26.2 Å². The van der Waals surface area contributed by atoms with Crippen molar-refractivity contribution in [2.24, 2.45) is 0 Å². The Labute approximate surface area is 117 Å². The van der Waals surface area contributed by atoms with Crippen molar-refractivity contribution in [1.82, 2.24) is 14.5 Å². The number of aromatic nitrogens is 2. The molecule has 0 bridgehead atoms. The normalized spacial score (nSPS) is 17.3. The monoisotopic (exact) mass is 281 g/mol. The highest BCUT2D eigenvalue weighted by Gasteiger charge is 2.20. The van der Waals surface area contributed by atoms with Crippen molar-refractivity contribution in [3.05, 3.63) is 20.8 Å². The topological polar surface area (TPSA) is 96.2 Å². The minimum Gasteiger partial charge on any atom is -0.383 e. The number of likely N-dealkylation sites (tertiary alicyclic amines) is 1. The van der Waals surface area contributed by atoms with Crippen LogP contribution in [-0.2, 0) is 6.54 Å². The number of H-pyrrole nitrogens is 1. The summed E-state index contributed by atoms with van der Waals surface area (Å²) in [7, 11) is 2.08. The molecule has 2 heterocycles. The number of nitrogens with one attached hydrogen (secondary N) is 2. The zero-order valence-corrected chi connectivity index (χ0v) is 12.1. The van der Waals surface area contributed by atoms with Crippen molar-refractivity contribution in [1.29, 1.82) is 0 Å². The fourth-order valence-corrected chi connectivity index (χ4v) is 2.53. The minimum absolute atomic E-state index is 0.224. The number of aromatic amines is 1. The van der Waals surface area contributed by atoms with Crippen LogP contribution in [0.2, 0.25) is 0 Å². The zero-order valence-electron chi connectivity index (χ0n) is 12.1. The molecule has 1 fully saturated rings. The number of hydrogen-bond acceptors (Lipinski definition) is 5. The quantitative estimate of drug-likeness (QED) is 0.724. The van der Waals surface area contributed by atoms with Crippen molar-refractivity contribution in [3.8, 4) is 0 Å². The van der Waals surface area contributed by atoms with E-state index in [0.29, 0.717) is 12.2 Å². The SMILES string of the molecule is CCCn1c(N)c(NC2CCN(C)CC2)c(=O)[nH]c1=O. The molecule has 7 nitrogen and oxygen atoms in total. The maximum atomic E-state index is 11.9. The molecule has 1 aromatic heterocycles. The predicted molar refractivity (Wildman–Crippen MR) is 80.2 cm³/mol. The van der Waals surface area contributed by atoms with Crippen molar-refractivity contribution in [2.45, 2.75) is 38.8 Å². The highest BCUT2D eigenvalue weighted by atomic mass is 16.2. The molecule has 1 aliphatic rings. The number of piperidine rings is 1. The number of nitrogen functional groups attached to an aromatic ring is 1. The summed E-state index contributed by atoms with van der Waals surface area (Å²) in [4.78, 5) is 28.2. The summed E-state index contributed by atoms with van der Waals surface area (Å²) < 4.78 is 1.42. The molecule has 0 aromatic carbocycles. The van der Waals surface area contributed by atoms with E-state index >= 15 is 0 Å². The van der Waals surface area contributed by atoms with Crippen molar-refractivity contribution >= 4 is 11.5 Å². The molecule has 1 aliphatic heterocycles. The van der Waals surface area contributed by atoms with Crippen LogP contribution in [0.4, 0.5) is 11.5 Å². The van der Waals surface area contributed by atoms with Gasteiger partial charge in [0.1, 0.15) is 11.5 Å². The average molecular weight is 281 g/mol. The van der Waals surface area contributed by atoms with Crippen LogP contribution in [0.15, 0.2) is 9.59 Å². The molecule has 112 valence electrons. The molecule has 0 aliphatic carbocycles. The molecule has 7 heteroatoms. The maximum absolute atomic E-state index is 11.9. The second-order valence-electron chi connectivity index (χ2n) is 5.39. The first-order chi connectivity index (χ1) is 9.52. The molecule has 1 aromatic rings. The van der Waals surface area contributed by atoms with Gasteiger partial charge < -0.3 is 16.0 Å². The van der Waals surface area contributed by atoms with Gasteiger partial charge in [-0.15, -0.1) is 0 Å². The summed E-state index contributed by atoms with van der Waals surface area (Å²) in [6, 6.07) is 0.224. The van der Waals surface area contributed by atoms with Crippen molar-refractivity contribution < 1.29 is 0 Å². The van der Waals surface area contributed by atoms with Crippen LogP contribution in [0.25, 0.3) is 0 Å². The fourth-order valence-electron chi connectivity index (χ4n) is 2.53. The molecule has 0 radical (unpaired) electrons. The molecule has 0 unspecified atom stereocenters. The molecule has 1 saturated heterocycles. The molecule has 20 heavy (non-hydrogen) atoms. The zero-order chi connectivity index (χ0) is 14.7. The van der Waals surface area contributed by atoms with Gasteiger partial charge in [-0.1, -0.05) is 6.92 Å². The van der Waals surface area contributed by atoms with Gasteiger partial charge in [-0.25, -0.2) is 4.79 Å². The van der Waals surface area contributed by atoms with Crippen LogP contribution in [0.5, 0.6) is 0 Å². The van der Waals surface area contributed by atoms with Gasteiger partial charge in [-0.05, 0) is 39.4 Å². The molecular formula is C13H23N5O2. The van der Waals surface area contributed by atoms with E-state index in [4.69, 9.17) is 5.73 Å². The fraction of sp³-hybridized carbons (Fsp3) is 0.692. The highest BCUT2D eigenvalue weighted by molar-refractivity contribution is 5.60. The minimum atomic E-state index is -0.441. The van der Waals surface area contributed by atoms with E-state index in [9.17, 15) is 9.59 Å². The number of anilines is 2. The molecule has 0 spiro atoms. The Balaban J connectivity index is 2.25. The summed E-state index contributed by atoms with van der Waals surface area (Å²) in [6.45, 7) is 4.44. The Hall–Kier alpha value is -1.76. The van der Waals surface area contributed by atoms with Gasteiger partial charge in [0.15, 0.2) is 0 Å². The van der Waals surface area contributed by atoms with Gasteiger partial charge in [-0.2, -0.15) is 0 Å². The van der Waals surface area contributed by atoms with E-state index in [0.717, 1.165) is 32.4 Å². The van der Waals surface area contributed by atoms with Crippen LogP contribution >= 0.6 is 0 Å².